The van der Waals surface area contributed by atoms with Gasteiger partial charge in [0, 0.05) is 18.8 Å². The molecule has 6 heteroatoms. The molecular formula is C15H19F3N2O. The summed E-state index contributed by atoms with van der Waals surface area (Å²) in [6, 6.07) is 3.20. The lowest BCUT2D eigenvalue weighted by atomic mass is 10.0. The number of carbonyl (C=O) groups excluding carboxylic acids is 1. The molecule has 0 heterocycles. The van der Waals surface area contributed by atoms with Gasteiger partial charge in [-0.2, -0.15) is 13.2 Å². The van der Waals surface area contributed by atoms with E-state index < -0.39 is 17.6 Å². The molecule has 0 aliphatic heterocycles. The maximum absolute atomic E-state index is 12.8. The van der Waals surface area contributed by atoms with E-state index in [1.807, 2.05) is 6.92 Å². The van der Waals surface area contributed by atoms with E-state index in [0.29, 0.717) is 11.6 Å². The van der Waals surface area contributed by atoms with Crippen LogP contribution in [0.4, 0.5) is 18.9 Å². The standard InChI is InChI=1S/C15H19F3N2O/c1-9-4-3-5-12(9)20-14(21)11-8-10(15(16,17)18)6-7-13(11)19-2/h6-9,12,19H,3-5H2,1-2H3,(H,20,21). The third-order valence-electron chi connectivity index (χ3n) is 4.04. The van der Waals surface area contributed by atoms with Crippen molar-refractivity contribution in [2.24, 2.45) is 5.92 Å². The Morgan fingerprint density at radius 1 is 1.29 bits per heavy atom. The minimum atomic E-state index is -4.46. The topological polar surface area (TPSA) is 41.1 Å². The number of anilines is 1. The van der Waals surface area contributed by atoms with Gasteiger partial charge in [-0.1, -0.05) is 13.3 Å². The van der Waals surface area contributed by atoms with Crippen LogP contribution in [0.1, 0.15) is 42.1 Å². The molecule has 3 nitrogen and oxygen atoms in total. The summed E-state index contributed by atoms with van der Waals surface area (Å²) in [5.41, 5.74) is -0.385. The number of halogens is 3. The highest BCUT2D eigenvalue weighted by Crippen LogP contribution is 2.32. The number of carbonyl (C=O) groups is 1. The van der Waals surface area contributed by atoms with Gasteiger partial charge in [0.05, 0.1) is 11.1 Å². The highest BCUT2D eigenvalue weighted by Gasteiger charge is 2.32. The Morgan fingerprint density at radius 2 is 2.00 bits per heavy atom. The number of amides is 1. The maximum atomic E-state index is 12.8. The predicted octanol–water partition coefficient (Wildman–Crippen LogP) is 3.67. The van der Waals surface area contributed by atoms with Crippen LogP contribution >= 0.6 is 0 Å². The van der Waals surface area contributed by atoms with Crippen molar-refractivity contribution >= 4 is 11.6 Å². The monoisotopic (exact) mass is 300 g/mol. The van der Waals surface area contributed by atoms with Gasteiger partial charge in [0.15, 0.2) is 0 Å². The quantitative estimate of drug-likeness (QED) is 0.894. The summed E-state index contributed by atoms with van der Waals surface area (Å²) in [5, 5.41) is 5.62. The van der Waals surface area contributed by atoms with Gasteiger partial charge in [0.1, 0.15) is 0 Å². The van der Waals surface area contributed by atoms with Crippen molar-refractivity contribution in [2.45, 2.75) is 38.4 Å². The van der Waals surface area contributed by atoms with Crippen molar-refractivity contribution in [3.05, 3.63) is 29.3 Å². The fraction of sp³-hybridized carbons (Fsp3) is 0.533. The van der Waals surface area contributed by atoms with E-state index in [4.69, 9.17) is 0 Å². The molecule has 0 radical (unpaired) electrons. The SMILES string of the molecule is CNc1ccc(C(F)(F)F)cc1C(=O)NC1CCCC1C. The van der Waals surface area contributed by atoms with Crippen LogP contribution in [0.25, 0.3) is 0 Å². The van der Waals surface area contributed by atoms with Crippen molar-refractivity contribution < 1.29 is 18.0 Å². The molecule has 1 aliphatic rings. The van der Waals surface area contributed by atoms with Crippen LogP contribution in [0.2, 0.25) is 0 Å². The molecule has 2 N–H and O–H groups in total. The van der Waals surface area contributed by atoms with Gasteiger partial charge in [-0.15, -0.1) is 0 Å². The van der Waals surface area contributed by atoms with Crippen LogP contribution in [-0.4, -0.2) is 19.0 Å². The largest absolute Gasteiger partial charge is 0.416 e. The minimum absolute atomic E-state index is 0.0337. The zero-order valence-corrected chi connectivity index (χ0v) is 12.1. The first kappa shape index (κ1) is 15.7. The molecular weight excluding hydrogens is 281 g/mol. The fourth-order valence-electron chi connectivity index (χ4n) is 2.73. The first-order valence-corrected chi connectivity index (χ1v) is 7.02. The zero-order chi connectivity index (χ0) is 15.6. The molecule has 0 bridgehead atoms. The molecule has 2 atom stereocenters. The van der Waals surface area contributed by atoms with Crippen LogP contribution in [-0.2, 0) is 6.18 Å². The molecule has 1 aromatic rings. The van der Waals surface area contributed by atoms with E-state index in [-0.39, 0.29) is 11.6 Å². The number of nitrogens with one attached hydrogen (secondary N) is 2. The number of benzene rings is 1. The Hall–Kier alpha value is -1.72. The van der Waals surface area contributed by atoms with Crippen LogP contribution in [0, 0.1) is 5.92 Å². The molecule has 1 amide bonds. The van der Waals surface area contributed by atoms with E-state index in [1.54, 1.807) is 7.05 Å². The number of alkyl halides is 3. The minimum Gasteiger partial charge on any atom is -0.387 e. The number of hydrogen-bond acceptors (Lipinski definition) is 2. The molecule has 1 saturated carbocycles. The molecule has 21 heavy (non-hydrogen) atoms. The first-order valence-electron chi connectivity index (χ1n) is 7.02. The molecule has 0 spiro atoms. The van der Waals surface area contributed by atoms with E-state index in [2.05, 4.69) is 10.6 Å². The van der Waals surface area contributed by atoms with E-state index >= 15 is 0 Å². The molecule has 0 aromatic heterocycles. The summed E-state index contributed by atoms with van der Waals surface area (Å²) < 4.78 is 38.3. The van der Waals surface area contributed by atoms with Gasteiger partial charge in [-0.05, 0) is 37.0 Å². The lowest BCUT2D eigenvalue weighted by molar-refractivity contribution is -0.137. The number of hydrogen-bond donors (Lipinski definition) is 2. The Bertz CT molecular complexity index is 528. The average Bonchev–Trinajstić information content (AvgIpc) is 2.82. The highest BCUT2D eigenvalue weighted by molar-refractivity contribution is 6.00. The maximum Gasteiger partial charge on any atom is 0.416 e. The van der Waals surface area contributed by atoms with Gasteiger partial charge in [0.2, 0.25) is 0 Å². The molecule has 1 aliphatic carbocycles. The van der Waals surface area contributed by atoms with Crippen LogP contribution < -0.4 is 10.6 Å². The summed E-state index contributed by atoms with van der Waals surface area (Å²) in [4.78, 5) is 12.3. The zero-order valence-electron chi connectivity index (χ0n) is 12.1. The Balaban J connectivity index is 2.25. The Morgan fingerprint density at radius 3 is 2.52 bits per heavy atom. The van der Waals surface area contributed by atoms with Gasteiger partial charge >= 0.3 is 6.18 Å². The summed E-state index contributed by atoms with van der Waals surface area (Å²) in [6.07, 6.45) is -1.51. The summed E-state index contributed by atoms with van der Waals surface area (Å²) in [7, 11) is 1.58. The molecule has 1 aromatic carbocycles. The van der Waals surface area contributed by atoms with Crippen molar-refractivity contribution in [1.29, 1.82) is 0 Å². The van der Waals surface area contributed by atoms with Crippen molar-refractivity contribution in [3.8, 4) is 0 Å². The highest BCUT2D eigenvalue weighted by atomic mass is 19.4. The molecule has 2 unspecified atom stereocenters. The van der Waals surface area contributed by atoms with Gasteiger partial charge in [-0.25, -0.2) is 0 Å². The van der Waals surface area contributed by atoms with Crippen LogP contribution in [0.15, 0.2) is 18.2 Å². The predicted molar refractivity (Wildman–Crippen MR) is 75.3 cm³/mol. The second-order valence-corrected chi connectivity index (χ2v) is 5.50. The van der Waals surface area contributed by atoms with Gasteiger partial charge in [-0.3, -0.25) is 4.79 Å². The summed E-state index contributed by atoms with van der Waals surface area (Å²) in [5.74, 6) is -0.0954. The average molecular weight is 300 g/mol. The number of rotatable bonds is 3. The Kier molecular flexibility index (Phi) is 4.44. The second-order valence-electron chi connectivity index (χ2n) is 5.50. The van der Waals surface area contributed by atoms with E-state index in [9.17, 15) is 18.0 Å². The van der Waals surface area contributed by atoms with E-state index in [1.165, 1.54) is 6.07 Å². The third-order valence-corrected chi connectivity index (χ3v) is 4.04. The fourth-order valence-corrected chi connectivity index (χ4v) is 2.73. The molecule has 2 rings (SSSR count). The Labute approximate surface area is 121 Å². The van der Waals surface area contributed by atoms with Crippen molar-refractivity contribution in [3.63, 3.8) is 0 Å². The normalized spacial score (nSPS) is 22.1. The molecule has 1 fully saturated rings. The van der Waals surface area contributed by atoms with Crippen molar-refractivity contribution in [2.75, 3.05) is 12.4 Å². The van der Waals surface area contributed by atoms with Gasteiger partial charge in [0.25, 0.3) is 5.91 Å². The van der Waals surface area contributed by atoms with Gasteiger partial charge < -0.3 is 10.6 Å². The molecule has 0 saturated heterocycles. The van der Waals surface area contributed by atoms with Crippen molar-refractivity contribution in [1.82, 2.24) is 5.32 Å². The summed E-state index contributed by atoms with van der Waals surface area (Å²) in [6.45, 7) is 2.04. The molecule has 116 valence electrons. The van der Waals surface area contributed by atoms with Crippen LogP contribution in [0.3, 0.4) is 0 Å². The van der Waals surface area contributed by atoms with E-state index in [0.717, 1.165) is 31.4 Å². The first-order chi connectivity index (χ1) is 9.82. The lowest BCUT2D eigenvalue weighted by Gasteiger charge is -2.19. The summed E-state index contributed by atoms with van der Waals surface area (Å²) >= 11 is 0. The third kappa shape index (κ3) is 3.49. The smallest absolute Gasteiger partial charge is 0.387 e. The second kappa shape index (κ2) is 5.95. The van der Waals surface area contributed by atoms with Crippen LogP contribution in [0.5, 0.6) is 0 Å². The lowest BCUT2D eigenvalue weighted by Crippen LogP contribution is -2.36.